The van der Waals surface area contributed by atoms with Gasteiger partial charge in [-0.2, -0.15) is 0 Å². The molecule has 1 aliphatic carbocycles. The highest BCUT2D eigenvalue weighted by Crippen LogP contribution is 2.49. The third kappa shape index (κ3) is 2.30. The molecule has 84 valence electrons. The molecule has 0 aliphatic heterocycles. The minimum absolute atomic E-state index is 0.0806. The molecule has 0 spiro atoms. The molecule has 3 heteroatoms. The van der Waals surface area contributed by atoms with Crippen molar-refractivity contribution in [1.29, 1.82) is 0 Å². The van der Waals surface area contributed by atoms with Crippen LogP contribution in [0.15, 0.2) is 0 Å². The molecule has 0 amide bonds. The van der Waals surface area contributed by atoms with Gasteiger partial charge in [-0.25, -0.2) is 8.42 Å². The molecule has 1 fully saturated rings. The first kappa shape index (κ1) is 12.0. The summed E-state index contributed by atoms with van der Waals surface area (Å²) in [6.07, 6.45) is 3.93. The number of thiol groups is 1. The van der Waals surface area contributed by atoms with Crippen LogP contribution in [0, 0.1) is 10.8 Å². The van der Waals surface area contributed by atoms with Gasteiger partial charge in [0, 0.05) is 0 Å². The van der Waals surface area contributed by atoms with Crippen LogP contribution in [0.5, 0.6) is 0 Å². The molecular formula is C11H22O2S. The molecule has 0 saturated heterocycles. The zero-order valence-corrected chi connectivity index (χ0v) is 10.6. The van der Waals surface area contributed by atoms with Crippen LogP contribution >= 0.6 is 0 Å². The largest absolute Gasteiger partial charge is 0.232 e. The first-order valence-corrected chi connectivity index (χ1v) is 6.64. The summed E-state index contributed by atoms with van der Waals surface area (Å²) < 4.78 is 22.0. The summed E-state index contributed by atoms with van der Waals surface area (Å²) in [6.45, 7) is 8.88. The van der Waals surface area contributed by atoms with Crippen LogP contribution in [0.3, 0.4) is 0 Å². The van der Waals surface area contributed by atoms with Gasteiger partial charge in [0.15, 0.2) is 0 Å². The lowest BCUT2D eigenvalue weighted by atomic mass is 9.60. The zero-order chi connectivity index (χ0) is 11.0. The summed E-state index contributed by atoms with van der Waals surface area (Å²) in [7, 11) is -2.22. The lowest BCUT2D eigenvalue weighted by molar-refractivity contribution is 0.0621. The first-order chi connectivity index (χ1) is 6.26. The van der Waals surface area contributed by atoms with Crippen LogP contribution in [0.4, 0.5) is 0 Å². The molecule has 2 unspecified atom stereocenters. The van der Waals surface area contributed by atoms with Crippen molar-refractivity contribution in [1.82, 2.24) is 0 Å². The molecule has 0 N–H and O–H groups in total. The van der Waals surface area contributed by atoms with Gasteiger partial charge >= 0.3 is 0 Å². The van der Waals surface area contributed by atoms with Crippen molar-refractivity contribution >= 4 is 10.7 Å². The summed E-state index contributed by atoms with van der Waals surface area (Å²) in [5, 5.41) is -0.0806. The van der Waals surface area contributed by atoms with Gasteiger partial charge in [-0.15, -0.1) is 0 Å². The van der Waals surface area contributed by atoms with Crippen molar-refractivity contribution in [3.8, 4) is 0 Å². The third-order valence-corrected chi connectivity index (χ3v) is 5.10. The van der Waals surface area contributed by atoms with Gasteiger partial charge in [0.2, 0.25) is 0 Å². The normalized spacial score (nSPS) is 34.8. The minimum Gasteiger partial charge on any atom is -0.232 e. The first-order valence-electron chi connectivity index (χ1n) is 5.40. The average Bonchev–Trinajstić information content (AvgIpc) is 2.02. The van der Waals surface area contributed by atoms with Crippen LogP contribution in [0.2, 0.25) is 0 Å². The molecule has 0 aromatic heterocycles. The van der Waals surface area contributed by atoms with Gasteiger partial charge in [-0.05, 0) is 30.1 Å². The summed E-state index contributed by atoms with van der Waals surface area (Å²) in [5.74, 6) is 0. The van der Waals surface area contributed by atoms with E-state index in [0.717, 1.165) is 25.7 Å². The maximum atomic E-state index is 11.0. The van der Waals surface area contributed by atoms with Crippen molar-refractivity contribution in [2.45, 2.75) is 58.6 Å². The zero-order valence-electron chi connectivity index (χ0n) is 9.67. The van der Waals surface area contributed by atoms with Crippen molar-refractivity contribution in [3.05, 3.63) is 0 Å². The highest BCUT2D eigenvalue weighted by atomic mass is 32.2. The van der Waals surface area contributed by atoms with Gasteiger partial charge in [0.1, 0.15) is 10.7 Å². The van der Waals surface area contributed by atoms with Gasteiger partial charge in [0.05, 0.1) is 5.25 Å². The Labute approximate surface area is 89.0 Å². The topological polar surface area (TPSA) is 34.1 Å². The Bertz CT molecular complexity index is 268. The van der Waals surface area contributed by atoms with Crippen molar-refractivity contribution in [3.63, 3.8) is 0 Å². The number of rotatable bonds is 1. The van der Waals surface area contributed by atoms with Crippen LogP contribution in [0.25, 0.3) is 0 Å². The van der Waals surface area contributed by atoms with Crippen molar-refractivity contribution in [2.75, 3.05) is 0 Å². The predicted molar refractivity (Wildman–Crippen MR) is 60.1 cm³/mol. The Hall–Kier alpha value is -0.0500. The fourth-order valence-corrected chi connectivity index (χ4v) is 3.26. The van der Waals surface area contributed by atoms with E-state index in [0.29, 0.717) is 0 Å². The molecule has 0 aromatic rings. The van der Waals surface area contributed by atoms with Gasteiger partial charge in [0.25, 0.3) is 0 Å². The molecular weight excluding hydrogens is 196 g/mol. The SMILES string of the molecule is CC(C)(C)C1(C)CCCC([SH](=O)=O)C1. The van der Waals surface area contributed by atoms with Crippen molar-refractivity contribution < 1.29 is 8.42 Å². The molecule has 1 aliphatic rings. The lowest BCUT2D eigenvalue weighted by Gasteiger charge is -2.46. The van der Waals surface area contributed by atoms with E-state index in [1.54, 1.807) is 0 Å². The highest BCUT2D eigenvalue weighted by Gasteiger charge is 2.41. The van der Waals surface area contributed by atoms with E-state index in [-0.39, 0.29) is 16.1 Å². The van der Waals surface area contributed by atoms with E-state index in [2.05, 4.69) is 27.7 Å². The van der Waals surface area contributed by atoms with Crippen LogP contribution in [0.1, 0.15) is 53.4 Å². The molecule has 0 heterocycles. The van der Waals surface area contributed by atoms with Crippen LogP contribution in [-0.4, -0.2) is 13.7 Å². The fourth-order valence-electron chi connectivity index (χ4n) is 2.31. The van der Waals surface area contributed by atoms with E-state index in [9.17, 15) is 8.42 Å². The Morgan fingerprint density at radius 1 is 1.29 bits per heavy atom. The molecule has 0 bridgehead atoms. The third-order valence-electron chi connectivity index (χ3n) is 4.06. The minimum atomic E-state index is -2.22. The van der Waals surface area contributed by atoms with Crippen LogP contribution < -0.4 is 0 Å². The molecule has 1 saturated carbocycles. The average molecular weight is 218 g/mol. The summed E-state index contributed by atoms with van der Waals surface area (Å²) in [4.78, 5) is 0. The Kier molecular flexibility index (Phi) is 3.30. The fraction of sp³-hybridized carbons (Fsp3) is 1.00. The molecule has 1 rings (SSSR count). The number of hydrogen-bond acceptors (Lipinski definition) is 2. The van der Waals surface area contributed by atoms with Crippen molar-refractivity contribution in [2.24, 2.45) is 10.8 Å². The van der Waals surface area contributed by atoms with Crippen LogP contribution in [-0.2, 0) is 10.7 Å². The Morgan fingerprint density at radius 2 is 1.86 bits per heavy atom. The second-order valence-electron chi connectivity index (χ2n) is 5.85. The van der Waals surface area contributed by atoms with E-state index < -0.39 is 10.7 Å². The Morgan fingerprint density at radius 3 is 2.29 bits per heavy atom. The maximum absolute atomic E-state index is 11.0. The smallest absolute Gasteiger partial charge is 0.143 e. The summed E-state index contributed by atoms with van der Waals surface area (Å²) in [5.41, 5.74) is 0.391. The molecule has 2 atom stereocenters. The monoisotopic (exact) mass is 218 g/mol. The lowest BCUT2D eigenvalue weighted by Crippen LogP contribution is -2.39. The second-order valence-corrected chi connectivity index (χ2v) is 7.15. The Balaban J connectivity index is 2.82. The van der Waals surface area contributed by atoms with Gasteiger partial charge in [-0.1, -0.05) is 34.1 Å². The predicted octanol–water partition coefficient (Wildman–Crippen LogP) is 2.59. The quantitative estimate of drug-likeness (QED) is 0.686. The molecule has 2 nitrogen and oxygen atoms in total. The van der Waals surface area contributed by atoms with Gasteiger partial charge < -0.3 is 0 Å². The highest BCUT2D eigenvalue weighted by molar-refractivity contribution is 7.73. The summed E-state index contributed by atoms with van der Waals surface area (Å²) in [6, 6.07) is 0. The van der Waals surface area contributed by atoms with Gasteiger partial charge in [-0.3, -0.25) is 0 Å². The summed E-state index contributed by atoms with van der Waals surface area (Å²) >= 11 is 0. The van der Waals surface area contributed by atoms with E-state index in [1.165, 1.54) is 0 Å². The van der Waals surface area contributed by atoms with E-state index in [1.807, 2.05) is 0 Å². The number of hydrogen-bond donors (Lipinski definition) is 1. The maximum Gasteiger partial charge on any atom is 0.143 e. The van der Waals surface area contributed by atoms with E-state index >= 15 is 0 Å². The molecule has 0 aromatic carbocycles. The second kappa shape index (κ2) is 3.84. The molecule has 0 radical (unpaired) electrons. The standard InChI is InChI=1S/C11H22O2S/c1-10(2,3)11(4)7-5-6-9(8-11)14(12)13/h9,14H,5-8H2,1-4H3. The molecule has 14 heavy (non-hydrogen) atoms. The van der Waals surface area contributed by atoms with E-state index in [4.69, 9.17) is 0 Å².